The lowest BCUT2D eigenvalue weighted by Crippen LogP contribution is -2.36. The van der Waals surface area contributed by atoms with Crippen LogP contribution >= 0.6 is 0 Å². The molecule has 0 aliphatic rings. The maximum absolute atomic E-state index is 14.1. The van der Waals surface area contributed by atoms with Gasteiger partial charge in [-0.2, -0.15) is 13.2 Å². The van der Waals surface area contributed by atoms with E-state index < -0.39 is 18.5 Å². The summed E-state index contributed by atoms with van der Waals surface area (Å²) >= 11 is 0. The zero-order valence-electron chi connectivity index (χ0n) is 12.6. The van der Waals surface area contributed by atoms with E-state index in [1.54, 1.807) is 13.0 Å². The maximum Gasteiger partial charge on any atom is 0.405 e. The van der Waals surface area contributed by atoms with Gasteiger partial charge in [-0.15, -0.1) is 0 Å². The molecule has 0 aromatic heterocycles. The molecule has 0 spiro atoms. The molecule has 0 heterocycles. The number of hydrogen-bond donors (Lipinski definition) is 1. The van der Waals surface area contributed by atoms with Gasteiger partial charge in [0.1, 0.15) is 12.4 Å². The smallest absolute Gasteiger partial charge is 0.360 e. The van der Waals surface area contributed by atoms with Crippen molar-refractivity contribution < 1.29 is 17.6 Å². The van der Waals surface area contributed by atoms with Gasteiger partial charge in [-0.05, 0) is 18.1 Å². The highest BCUT2D eigenvalue weighted by atomic mass is 19.4. The topological polar surface area (TPSA) is 15.3 Å². The second-order valence-corrected chi connectivity index (χ2v) is 5.32. The molecule has 0 fully saturated rings. The molecule has 21 heavy (non-hydrogen) atoms. The molecule has 0 saturated heterocycles. The Labute approximate surface area is 123 Å². The third-order valence-corrected chi connectivity index (χ3v) is 2.95. The number of benzene rings is 1. The van der Waals surface area contributed by atoms with E-state index in [1.807, 2.05) is 13.8 Å². The Morgan fingerprint density at radius 2 is 1.90 bits per heavy atom. The number of halogens is 4. The van der Waals surface area contributed by atoms with Crippen molar-refractivity contribution in [3.63, 3.8) is 0 Å². The van der Waals surface area contributed by atoms with Crippen molar-refractivity contribution in [3.8, 4) is 0 Å². The summed E-state index contributed by atoms with van der Waals surface area (Å²) in [6, 6.07) is 4.55. The molecule has 0 bridgehead atoms. The number of alkyl halides is 3. The first-order valence-corrected chi connectivity index (χ1v) is 7.07. The van der Waals surface area contributed by atoms with E-state index in [0.29, 0.717) is 18.5 Å². The van der Waals surface area contributed by atoms with Crippen LogP contribution in [0.3, 0.4) is 0 Å². The van der Waals surface area contributed by atoms with E-state index >= 15 is 0 Å². The van der Waals surface area contributed by atoms with Crippen LogP contribution in [0.25, 0.3) is 0 Å². The minimum absolute atomic E-state index is 0.0461. The van der Waals surface area contributed by atoms with Gasteiger partial charge in [0.15, 0.2) is 0 Å². The number of nitrogens with one attached hydrogen (secondary N) is 1. The summed E-state index contributed by atoms with van der Waals surface area (Å²) in [5, 5.41) is 3.11. The average molecular weight is 306 g/mol. The van der Waals surface area contributed by atoms with Crippen LogP contribution in [-0.2, 0) is 6.54 Å². The lowest BCUT2D eigenvalue weighted by Gasteiger charge is -2.28. The molecule has 0 aliphatic carbocycles. The van der Waals surface area contributed by atoms with Crippen molar-refractivity contribution in [1.29, 1.82) is 0 Å². The third kappa shape index (κ3) is 5.91. The lowest BCUT2D eigenvalue weighted by molar-refractivity contribution is -0.119. The van der Waals surface area contributed by atoms with Gasteiger partial charge in [0.25, 0.3) is 0 Å². The van der Waals surface area contributed by atoms with Crippen LogP contribution in [0.4, 0.5) is 23.2 Å². The summed E-state index contributed by atoms with van der Waals surface area (Å²) in [6.07, 6.45) is -3.85. The van der Waals surface area contributed by atoms with Gasteiger partial charge < -0.3 is 10.2 Å². The summed E-state index contributed by atoms with van der Waals surface area (Å²) in [4.78, 5) is 1.08. The Bertz CT molecular complexity index is 444. The summed E-state index contributed by atoms with van der Waals surface area (Å²) in [7, 11) is 0. The van der Waals surface area contributed by atoms with Gasteiger partial charge in [0.05, 0.1) is 5.69 Å². The molecule has 0 amide bonds. The van der Waals surface area contributed by atoms with Gasteiger partial charge in [-0.25, -0.2) is 4.39 Å². The Morgan fingerprint density at radius 1 is 1.24 bits per heavy atom. The summed E-state index contributed by atoms with van der Waals surface area (Å²) in [5.74, 6) is -0.615. The molecule has 0 aliphatic heterocycles. The Kier molecular flexibility index (Phi) is 6.45. The fourth-order valence-electron chi connectivity index (χ4n) is 2.13. The van der Waals surface area contributed by atoms with Crippen molar-refractivity contribution in [2.24, 2.45) is 0 Å². The summed E-state index contributed by atoms with van der Waals surface area (Å²) in [5.41, 5.74) is 0.589. The molecule has 0 radical (unpaired) electrons. The van der Waals surface area contributed by atoms with Crippen molar-refractivity contribution in [1.82, 2.24) is 5.32 Å². The molecule has 1 N–H and O–H groups in total. The Morgan fingerprint density at radius 3 is 2.43 bits per heavy atom. The number of hydrogen-bond acceptors (Lipinski definition) is 2. The fourth-order valence-corrected chi connectivity index (χ4v) is 2.13. The molecule has 6 heteroatoms. The van der Waals surface area contributed by atoms with Crippen LogP contribution in [-0.4, -0.2) is 25.3 Å². The summed E-state index contributed by atoms with van der Waals surface area (Å²) < 4.78 is 52.2. The third-order valence-electron chi connectivity index (χ3n) is 2.95. The van der Waals surface area contributed by atoms with Crippen molar-refractivity contribution >= 4 is 5.69 Å². The van der Waals surface area contributed by atoms with E-state index in [-0.39, 0.29) is 18.3 Å². The van der Waals surface area contributed by atoms with E-state index in [1.165, 1.54) is 12.1 Å². The van der Waals surface area contributed by atoms with E-state index in [4.69, 9.17) is 0 Å². The second kappa shape index (κ2) is 7.64. The molecule has 120 valence electrons. The minimum atomic E-state index is -4.36. The minimum Gasteiger partial charge on any atom is -0.360 e. The van der Waals surface area contributed by atoms with Gasteiger partial charge in [-0.1, -0.05) is 32.9 Å². The highest BCUT2D eigenvalue weighted by molar-refractivity contribution is 5.55. The number of para-hydroxylation sites is 1. The van der Waals surface area contributed by atoms with Gasteiger partial charge in [-0.3, -0.25) is 0 Å². The van der Waals surface area contributed by atoms with Crippen molar-refractivity contribution in [3.05, 3.63) is 29.6 Å². The fraction of sp³-hybridized carbons (Fsp3) is 0.600. The zero-order chi connectivity index (χ0) is 16.0. The van der Waals surface area contributed by atoms with E-state index in [9.17, 15) is 17.6 Å². The first kappa shape index (κ1) is 17.8. The largest absolute Gasteiger partial charge is 0.405 e. The first-order chi connectivity index (χ1) is 9.74. The SMILES string of the molecule is CCCN(CC(F)(F)F)c1c(F)cccc1CNC(C)C. The van der Waals surface area contributed by atoms with Crippen LogP contribution in [0.5, 0.6) is 0 Å². The predicted molar refractivity (Wildman–Crippen MR) is 76.9 cm³/mol. The number of anilines is 1. The first-order valence-electron chi connectivity index (χ1n) is 7.07. The molecule has 0 atom stereocenters. The van der Waals surface area contributed by atoms with Gasteiger partial charge >= 0.3 is 6.18 Å². The molecule has 0 unspecified atom stereocenters. The Balaban J connectivity index is 3.09. The van der Waals surface area contributed by atoms with Crippen LogP contribution < -0.4 is 10.2 Å². The van der Waals surface area contributed by atoms with Gasteiger partial charge in [0, 0.05) is 19.1 Å². The monoisotopic (exact) mass is 306 g/mol. The second-order valence-electron chi connectivity index (χ2n) is 5.32. The van der Waals surface area contributed by atoms with Crippen LogP contribution in [0, 0.1) is 5.82 Å². The van der Waals surface area contributed by atoms with Gasteiger partial charge in [0.2, 0.25) is 0 Å². The molecular weight excluding hydrogens is 284 g/mol. The molecule has 1 aromatic rings. The van der Waals surface area contributed by atoms with Crippen molar-refractivity contribution in [2.45, 2.75) is 46.0 Å². The zero-order valence-corrected chi connectivity index (χ0v) is 12.6. The highest BCUT2D eigenvalue weighted by Gasteiger charge is 2.32. The standard InChI is InChI=1S/C15H22F4N2/c1-4-8-21(10-15(17,18)19)14-12(9-20-11(2)3)6-5-7-13(14)16/h5-7,11,20H,4,8-10H2,1-3H3. The van der Waals surface area contributed by atoms with E-state index in [2.05, 4.69) is 5.32 Å². The van der Waals surface area contributed by atoms with Crippen LogP contribution in [0.1, 0.15) is 32.8 Å². The predicted octanol–water partition coefficient (Wildman–Crippen LogP) is 4.10. The molecule has 1 aromatic carbocycles. The van der Waals surface area contributed by atoms with Crippen LogP contribution in [0.2, 0.25) is 0 Å². The lowest BCUT2D eigenvalue weighted by atomic mass is 10.1. The molecular formula is C15H22F4N2. The highest BCUT2D eigenvalue weighted by Crippen LogP contribution is 2.28. The number of nitrogens with zero attached hydrogens (tertiary/aromatic N) is 1. The van der Waals surface area contributed by atoms with Crippen LogP contribution in [0.15, 0.2) is 18.2 Å². The molecule has 0 saturated carbocycles. The quantitative estimate of drug-likeness (QED) is 0.763. The normalized spacial score (nSPS) is 12.0. The maximum atomic E-state index is 14.1. The summed E-state index contributed by atoms with van der Waals surface area (Å²) in [6.45, 7) is 4.99. The van der Waals surface area contributed by atoms with E-state index in [0.717, 1.165) is 4.90 Å². The number of rotatable bonds is 7. The van der Waals surface area contributed by atoms with Crippen molar-refractivity contribution in [2.75, 3.05) is 18.0 Å². The molecule has 1 rings (SSSR count). The molecule has 2 nitrogen and oxygen atoms in total. The Hall–Kier alpha value is -1.30. The average Bonchev–Trinajstić information content (AvgIpc) is 2.34.